The summed E-state index contributed by atoms with van der Waals surface area (Å²) >= 11 is 0. The minimum absolute atomic E-state index is 0.0128. The number of anilines is 1. The van der Waals surface area contributed by atoms with Crippen LogP contribution in [-0.2, 0) is 10.2 Å². The van der Waals surface area contributed by atoms with Crippen LogP contribution in [0.1, 0.15) is 40.2 Å². The molecule has 0 spiro atoms. The molecule has 3 nitrogen and oxygen atoms in total. The zero-order valence-electron chi connectivity index (χ0n) is 12.3. The summed E-state index contributed by atoms with van der Waals surface area (Å²) in [6.45, 7) is 10.2. The lowest BCUT2D eigenvalue weighted by atomic mass is 9.87. The minimum Gasteiger partial charge on any atom is -0.325 e. The highest BCUT2D eigenvalue weighted by Crippen LogP contribution is 2.23. The van der Waals surface area contributed by atoms with E-state index in [0.717, 1.165) is 5.69 Å². The number of hydrogen-bond acceptors (Lipinski definition) is 2. The molecule has 1 amide bonds. The molecule has 0 heterocycles. The van der Waals surface area contributed by atoms with Gasteiger partial charge in [-0.25, -0.2) is 0 Å². The van der Waals surface area contributed by atoms with Crippen LogP contribution >= 0.6 is 0 Å². The van der Waals surface area contributed by atoms with Gasteiger partial charge in [0, 0.05) is 5.69 Å². The monoisotopic (exact) mass is 258 g/mol. The van der Waals surface area contributed by atoms with E-state index in [-0.39, 0.29) is 17.2 Å². The molecule has 0 aliphatic carbocycles. The van der Waals surface area contributed by atoms with Crippen LogP contribution in [0.4, 0.5) is 5.69 Å². The molecule has 1 aromatic rings. The Balaban J connectivity index is 2.79. The Kier molecular flexibility index (Phi) is 4.72. The van der Waals surface area contributed by atoms with Crippen LogP contribution in [-0.4, -0.2) is 5.91 Å². The fourth-order valence-electron chi connectivity index (χ4n) is 1.78. The average Bonchev–Trinajstić information content (AvgIpc) is 2.28. The zero-order chi connectivity index (χ0) is 14.6. The third-order valence-corrected chi connectivity index (χ3v) is 3.11. The first kappa shape index (κ1) is 15.2. The molecular weight excluding hydrogens is 236 g/mol. The third kappa shape index (κ3) is 4.10. The number of nitrogens with one attached hydrogen (secondary N) is 1. The standard InChI is InChI=1S/C16H22N2O/c1-11(2)14(10-17)15(19)18-13-8-6-12(7-9-13)16(3,4)5/h6-9,11,14H,1-5H3,(H,18,19). The Bertz CT molecular complexity index is 475. The maximum atomic E-state index is 11.9. The largest absolute Gasteiger partial charge is 0.325 e. The Morgan fingerprint density at radius 2 is 1.74 bits per heavy atom. The highest BCUT2D eigenvalue weighted by Gasteiger charge is 2.21. The molecule has 0 aliphatic heterocycles. The molecule has 0 bridgehead atoms. The molecule has 0 saturated heterocycles. The first-order chi connectivity index (χ1) is 8.75. The van der Waals surface area contributed by atoms with E-state index >= 15 is 0 Å². The van der Waals surface area contributed by atoms with Crippen LogP contribution in [0, 0.1) is 23.2 Å². The van der Waals surface area contributed by atoms with E-state index in [1.54, 1.807) is 0 Å². The van der Waals surface area contributed by atoms with Crippen LogP contribution in [0.3, 0.4) is 0 Å². The summed E-state index contributed by atoms with van der Waals surface area (Å²) in [5.74, 6) is -0.831. The molecule has 1 aromatic carbocycles. The summed E-state index contributed by atoms with van der Waals surface area (Å²) in [6.07, 6.45) is 0. The van der Waals surface area contributed by atoms with Crippen molar-refractivity contribution in [3.05, 3.63) is 29.8 Å². The first-order valence-corrected chi connectivity index (χ1v) is 6.56. The molecule has 1 N–H and O–H groups in total. The second-order valence-electron chi connectivity index (χ2n) is 6.17. The Labute approximate surface area is 115 Å². The van der Waals surface area contributed by atoms with E-state index in [4.69, 9.17) is 5.26 Å². The van der Waals surface area contributed by atoms with E-state index in [9.17, 15) is 4.79 Å². The molecule has 0 radical (unpaired) electrons. The number of carbonyl (C=O) groups excluding carboxylic acids is 1. The predicted molar refractivity (Wildman–Crippen MR) is 77.7 cm³/mol. The molecule has 1 unspecified atom stereocenters. The summed E-state index contributed by atoms with van der Waals surface area (Å²) in [5.41, 5.74) is 2.04. The van der Waals surface area contributed by atoms with Crippen molar-refractivity contribution in [3.8, 4) is 6.07 Å². The molecule has 102 valence electrons. The fourth-order valence-corrected chi connectivity index (χ4v) is 1.78. The SMILES string of the molecule is CC(C)C(C#N)C(=O)Nc1ccc(C(C)(C)C)cc1. The Morgan fingerprint density at radius 1 is 1.21 bits per heavy atom. The van der Waals surface area contributed by atoms with Gasteiger partial charge in [-0.1, -0.05) is 46.8 Å². The quantitative estimate of drug-likeness (QED) is 0.898. The van der Waals surface area contributed by atoms with Gasteiger partial charge in [0.05, 0.1) is 6.07 Å². The minimum atomic E-state index is -0.609. The van der Waals surface area contributed by atoms with Gasteiger partial charge < -0.3 is 5.32 Å². The lowest BCUT2D eigenvalue weighted by Crippen LogP contribution is -2.25. The highest BCUT2D eigenvalue weighted by molar-refractivity contribution is 5.94. The van der Waals surface area contributed by atoms with Crippen molar-refractivity contribution < 1.29 is 4.79 Å². The predicted octanol–water partition coefficient (Wildman–Crippen LogP) is 3.72. The lowest BCUT2D eigenvalue weighted by Gasteiger charge is -2.19. The van der Waals surface area contributed by atoms with E-state index in [1.165, 1.54) is 5.56 Å². The van der Waals surface area contributed by atoms with E-state index in [1.807, 2.05) is 44.2 Å². The summed E-state index contributed by atoms with van der Waals surface area (Å²) in [6, 6.07) is 9.82. The van der Waals surface area contributed by atoms with Crippen molar-refractivity contribution in [1.29, 1.82) is 5.26 Å². The molecule has 3 heteroatoms. The van der Waals surface area contributed by atoms with Crippen molar-refractivity contribution >= 4 is 11.6 Å². The lowest BCUT2D eigenvalue weighted by molar-refractivity contribution is -0.119. The number of amides is 1. The molecule has 1 rings (SSSR count). The van der Waals surface area contributed by atoms with Gasteiger partial charge >= 0.3 is 0 Å². The van der Waals surface area contributed by atoms with Gasteiger partial charge in [-0.2, -0.15) is 5.26 Å². The number of rotatable bonds is 3. The molecule has 1 atom stereocenters. The molecule has 19 heavy (non-hydrogen) atoms. The number of hydrogen-bond donors (Lipinski definition) is 1. The van der Waals surface area contributed by atoms with Crippen molar-refractivity contribution in [3.63, 3.8) is 0 Å². The number of nitriles is 1. The topological polar surface area (TPSA) is 52.9 Å². The van der Waals surface area contributed by atoms with Crippen molar-refractivity contribution in [2.24, 2.45) is 11.8 Å². The van der Waals surface area contributed by atoms with Gasteiger partial charge in [0.2, 0.25) is 5.91 Å². The smallest absolute Gasteiger partial charge is 0.241 e. The average molecular weight is 258 g/mol. The number of benzene rings is 1. The van der Waals surface area contributed by atoms with Crippen LogP contribution in [0.25, 0.3) is 0 Å². The summed E-state index contributed by atoms with van der Waals surface area (Å²) in [7, 11) is 0. The second kappa shape index (κ2) is 5.88. The molecule has 0 fully saturated rings. The van der Waals surface area contributed by atoms with Gasteiger partial charge in [-0.05, 0) is 29.0 Å². The molecule has 0 saturated carbocycles. The molecule has 0 aromatic heterocycles. The van der Waals surface area contributed by atoms with Crippen molar-refractivity contribution in [2.75, 3.05) is 5.32 Å². The maximum absolute atomic E-state index is 11.9. The van der Waals surface area contributed by atoms with E-state index in [0.29, 0.717) is 0 Å². The van der Waals surface area contributed by atoms with Gasteiger partial charge in [-0.15, -0.1) is 0 Å². The van der Waals surface area contributed by atoms with E-state index < -0.39 is 5.92 Å². The summed E-state index contributed by atoms with van der Waals surface area (Å²) < 4.78 is 0. The van der Waals surface area contributed by atoms with Crippen LogP contribution < -0.4 is 5.32 Å². The summed E-state index contributed by atoms with van der Waals surface area (Å²) in [4.78, 5) is 11.9. The third-order valence-electron chi connectivity index (χ3n) is 3.11. The number of nitrogens with zero attached hydrogens (tertiary/aromatic N) is 1. The van der Waals surface area contributed by atoms with Gasteiger partial charge in [0.1, 0.15) is 5.92 Å². The van der Waals surface area contributed by atoms with E-state index in [2.05, 4.69) is 26.1 Å². The zero-order valence-corrected chi connectivity index (χ0v) is 12.3. The normalized spacial score (nSPS) is 12.9. The van der Waals surface area contributed by atoms with Crippen molar-refractivity contribution in [1.82, 2.24) is 0 Å². The van der Waals surface area contributed by atoms with Crippen molar-refractivity contribution in [2.45, 2.75) is 40.0 Å². The van der Waals surface area contributed by atoms with Crippen LogP contribution in [0.15, 0.2) is 24.3 Å². The highest BCUT2D eigenvalue weighted by atomic mass is 16.1. The maximum Gasteiger partial charge on any atom is 0.241 e. The summed E-state index contributed by atoms with van der Waals surface area (Å²) in [5, 5.41) is 11.8. The van der Waals surface area contributed by atoms with Gasteiger partial charge in [0.25, 0.3) is 0 Å². The molecular formula is C16H22N2O. The van der Waals surface area contributed by atoms with Crippen LogP contribution in [0.2, 0.25) is 0 Å². The second-order valence-corrected chi connectivity index (χ2v) is 6.17. The van der Waals surface area contributed by atoms with Crippen LogP contribution in [0.5, 0.6) is 0 Å². The molecule has 0 aliphatic rings. The fraction of sp³-hybridized carbons (Fsp3) is 0.500. The van der Waals surface area contributed by atoms with Gasteiger partial charge in [-0.3, -0.25) is 4.79 Å². The Hall–Kier alpha value is -1.82. The number of carbonyl (C=O) groups is 1. The van der Waals surface area contributed by atoms with Gasteiger partial charge in [0.15, 0.2) is 0 Å². The first-order valence-electron chi connectivity index (χ1n) is 6.56. The Morgan fingerprint density at radius 3 is 2.11 bits per heavy atom.